The van der Waals surface area contributed by atoms with Crippen molar-refractivity contribution in [3.05, 3.63) is 23.8 Å². The van der Waals surface area contributed by atoms with E-state index < -0.39 is 0 Å². The van der Waals surface area contributed by atoms with Gasteiger partial charge >= 0.3 is 0 Å². The molecule has 2 atom stereocenters. The van der Waals surface area contributed by atoms with E-state index >= 15 is 0 Å². The first kappa shape index (κ1) is 15.3. The number of hydrogen-bond acceptors (Lipinski definition) is 4. The zero-order valence-electron chi connectivity index (χ0n) is 12.2. The molecule has 4 heteroatoms. The highest BCUT2D eigenvalue weighted by Gasteiger charge is 2.18. The van der Waals surface area contributed by atoms with Crippen LogP contribution in [0.4, 0.5) is 5.69 Å². The molecule has 0 saturated carbocycles. The summed E-state index contributed by atoms with van der Waals surface area (Å²) in [6.07, 6.45) is 0. The Morgan fingerprint density at radius 2 is 2.11 bits per heavy atom. The van der Waals surface area contributed by atoms with Crippen molar-refractivity contribution < 1.29 is 4.74 Å². The molecule has 0 fully saturated rings. The molecule has 2 unspecified atom stereocenters. The summed E-state index contributed by atoms with van der Waals surface area (Å²) < 4.78 is 5.40. The van der Waals surface area contributed by atoms with Gasteiger partial charge in [-0.2, -0.15) is 5.26 Å². The largest absolute Gasteiger partial charge is 0.496 e. The first-order chi connectivity index (χ1) is 9.04. The van der Waals surface area contributed by atoms with Crippen LogP contribution in [0.2, 0.25) is 0 Å². The van der Waals surface area contributed by atoms with Crippen molar-refractivity contribution in [2.75, 3.05) is 25.1 Å². The number of hydrogen-bond donors (Lipinski definition) is 1. The molecule has 0 bridgehead atoms. The summed E-state index contributed by atoms with van der Waals surface area (Å²) in [5.41, 5.74) is 8.13. The van der Waals surface area contributed by atoms with Gasteiger partial charge in [0.1, 0.15) is 5.75 Å². The second-order valence-electron chi connectivity index (χ2n) is 4.75. The van der Waals surface area contributed by atoms with Gasteiger partial charge in [-0.3, -0.25) is 0 Å². The highest BCUT2D eigenvalue weighted by molar-refractivity contribution is 5.60. The van der Waals surface area contributed by atoms with E-state index in [-0.39, 0.29) is 12.0 Å². The second kappa shape index (κ2) is 7.01. The van der Waals surface area contributed by atoms with Crippen LogP contribution >= 0.6 is 0 Å². The fourth-order valence-corrected chi connectivity index (χ4v) is 2.21. The highest BCUT2D eigenvalue weighted by atomic mass is 16.5. The first-order valence-corrected chi connectivity index (χ1v) is 6.62. The van der Waals surface area contributed by atoms with E-state index in [2.05, 4.69) is 17.9 Å². The zero-order valence-corrected chi connectivity index (χ0v) is 12.2. The Labute approximate surface area is 115 Å². The van der Waals surface area contributed by atoms with Crippen LogP contribution in [0.5, 0.6) is 5.75 Å². The molecule has 0 aliphatic heterocycles. The van der Waals surface area contributed by atoms with Crippen molar-refractivity contribution in [1.29, 1.82) is 5.26 Å². The minimum absolute atomic E-state index is 0.0212. The molecular weight excluding hydrogens is 238 g/mol. The monoisotopic (exact) mass is 261 g/mol. The third kappa shape index (κ3) is 3.62. The van der Waals surface area contributed by atoms with Crippen LogP contribution in [0.3, 0.4) is 0 Å². The van der Waals surface area contributed by atoms with E-state index in [0.717, 1.165) is 23.5 Å². The fraction of sp³-hybridized carbons (Fsp3) is 0.533. The fourth-order valence-electron chi connectivity index (χ4n) is 2.21. The molecule has 0 radical (unpaired) electrons. The molecule has 104 valence electrons. The van der Waals surface area contributed by atoms with Crippen molar-refractivity contribution >= 4 is 5.69 Å². The van der Waals surface area contributed by atoms with E-state index in [1.807, 2.05) is 32.0 Å². The molecule has 1 rings (SSSR count). The number of anilines is 1. The Morgan fingerprint density at radius 3 is 2.58 bits per heavy atom. The molecule has 2 N–H and O–H groups in total. The maximum atomic E-state index is 8.98. The predicted octanol–water partition coefficient (Wildman–Crippen LogP) is 2.70. The van der Waals surface area contributed by atoms with Gasteiger partial charge in [0, 0.05) is 30.4 Å². The van der Waals surface area contributed by atoms with Gasteiger partial charge in [-0.05, 0) is 32.9 Å². The lowest BCUT2D eigenvalue weighted by Gasteiger charge is -2.28. The molecule has 0 aromatic heterocycles. The number of rotatable bonds is 6. The Balaban J connectivity index is 3.20. The predicted molar refractivity (Wildman–Crippen MR) is 78.3 cm³/mol. The molecule has 19 heavy (non-hydrogen) atoms. The van der Waals surface area contributed by atoms with E-state index in [1.165, 1.54) is 0 Å². The lowest BCUT2D eigenvalue weighted by atomic mass is 10.0. The van der Waals surface area contributed by atoms with Gasteiger partial charge in [-0.15, -0.1) is 0 Å². The maximum Gasteiger partial charge on any atom is 0.125 e. The smallest absolute Gasteiger partial charge is 0.125 e. The Kier molecular flexibility index (Phi) is 5.65. The molecule has 0 spiro atoms. The average molecular weight is 261 g/mol. The third-order valence-electron chi connectivity index (χ3n) is 3.16. The normalized spacial score (nSPS) is 13.5. The standard InChI is InChI=1S/C15H23N3O/c1-5-18(10-11(2)9-16)13-7-6-8-14(19-4)15(13)12(3)17/h6-8,11-12H,5,10,17H2,1-4H3. The molecular formula is C15H23N3O. The first-order valence-electron chi connectivity index (χ1n) is 6.62. The van der Waals surface area contributed by atoms with E-state index in [4.69, 9.17) is 15.7 Å². The van der Waals surface area contributed by atoms with Crippen molar-refractivity contribution in [1.82, 2.24) is 0 Å². The van der Waals surface area contributed by atoms with Crippen LogP contribution in [-0.2, 0) is 0 Å². The maximum absolute atomic E-state index is 8.98. The average Bonchev–Trinajstić information content (AvgIpc) is 2.43. The third-order valence-corrected chi connectivity index (χ3v) is 3.16. The SMILES string of the molecule is CCN(CC(C)C#N)c1cccc(OC)c1C(C)N. The molecule has 4 nitrogen and oxygen atoms in total. The van der Waals surface area contributed by atoms with Crippen LogP contribution in [-0.4, -0.2) is 20.2 Å². The molecule has 0 amide bonds. The quantitative estimate of drug-likeness (QED) is 0.855. The number of nitrogens with two attached hydrogens (primary N) is 1. The Bertz CT molecular complexity index is 451. The van der Waals surface area contributed by atoms with E-state index in [9.17, 15) is 0 Å². The van der Waals surface area contributed by atoms with Gasteiger partial charge in [0.2, 0.25) is 0 Å². The van der Waals surface area contributed by atoms with Crippen LogP contribution in [0, 0.1) is 17.2 Å². The highest BCUT2D eigenvalue weighted by Crippen LogP contribution is 2.33. The van der Waals surface area contributed by atoms with Crippen molar-refractivity contribution in [2.24, 2.45) is 11.7 Å². The van der Waals surface area contributed by atoms with Gasteiger partial charge in [-0.25, -0.2) is 0 Å². The van der Waals surface area contributed by atoms with Crippen molar-refractivity contribution in [3.8, 4) is 11.8 Å². The van der Waals surface area contributed by atoms with Gasteiger partial charge < -0.3 is 15.4 Å². The molecule has 0 saturated heterocycles. The number of nitrogens with zero attached hydrogens (tertiary/aromatic N) is 2. The topological polar surface area (TPSA) is 62.3 Å². The van der Waals surface area contributed by atoms with Crippen LogP contribution in [0.25, 0.3) is 0 Å². The number of benzene rings is 1. The lowest BCUT2D eigenvalue weighted by molar-refractivity contribution is 0.407. The zero-order chi connectivity index (χ0) is 14.4. The summed E-state index contributed by atoms with van der Waals surface area (Å²) in [6, 6.07) is 8.07. The molecule has 0 heterocycles. The molecule has 1 aromatic rings. The molecule has 1 aromatic carbocycles. The number of nitriles is 1. The van der Waals surface area contributed by atoms with Crippen LogP contribution in [0.1, 0.15) is 32.4 Å². The van der Waals surface area contributed by atoms with Crippen molar-refractivity contribution in [3.63, 3.8) is 0 Å². The van der Waals surface area contributed by atoms with Crippen molar-refractivity contribution in [2.45, 2.75) is 26.8 Å². The Morgan fingerprint density at radius 1 is 1.42 bits per heavy atom. The summed E-state index contributed by atoms with van der Waals surface area (Å²) in [7, 11) is 1.65. The molecule has 0 aliphatic carbocycles. The lowest BCUT2D eigenvalue weighted by Crippen LogP contribution is -2.29. The minimum Gasteiger partial charge on any atom is -0.496 e. The van der Waals surface area contributed by atoms with Crippen LogP contribution < -0.4 is 15.4 Å². The van der Waals surface area contributed by atoms with Gasteiger partial charge in [0.25, 0.3) is 0 Å². The summed E-state index contributed by atoms with van der Waals surface area (Å²) in [5, 5.41) is 8.98. The van der Waals surface area contributed by atoms with Gasteiger partial charge in [-0.1, -0.05) is 6.07 Å². The van der Waals surface area contributed by atoms with E-state index in [0.29, 0.717) is 6.54 Å². The summed E-state index contributed by atoms with van der Waals surface area (Å²) in [5.74, 6) is 0.780. The summed E-state index contributed by atoms with van der Waals surface area (Å²) in [6.45, 7) is 7.48. The van der Waals surface area contributed by atoms with E-state index in [1.54, 1.807) is 7.11 Å². The van der Waals surface area contributed by atoms with Crippen LogP contribution in [0.15, 0.2) is 18.2 Å². The summed E-state index contributed by atoms with van der Waals surface area (Å²) in [4.78, 5) is 2.18. The summed E-state index contributed by atoms with van der Waals surface area (Å²) >= 11 is 0. The van der Waals surface area contributed by atoms with Gasteiger partial charge in [0.15, 0.2) is 0 Å². The molecule has 0 aliphatic rings. The number of ether oxygens (including phenoxy) is 1. The van der Waals surface area contributed by atoms with Gasteiger partial charge in [0.05, 0.1) is 19.1 Å². The minimum atomic E-state index is -0.113. The second-order valence-corrected chi connectivity index (χ2v) is 4.75. The number of methoxy groups -OCH3 is 1. The Hall–Kier alpha value is -1.73.